The molecule has 0 aromatic heterocycles. The van der Waals surface area contributed by atoms with Crippen LogP contribution in [0.5, 0.6) is 0 Å². The Morgan fingerprint density at radius 1 is 1.18 bits per heavy atom. The highest BCUT2D eigenvalue weighted by Gasteiger charge is 2.32. The van der Waals surface area contributed by atoms with Gasteiger partial charge in [-0.2, -0.15) is 4.39 Å². The van der Waals surface area contributed by atoms with Gasteiger partial charge in [0.05, 0.1) is 4.92 Å². The highest BCUT2D eigenvalue weighted by Crippen LogP contribution is 2.36. The van der Waals surface area contributed by atoms with Crippen LogP contribution in [0.1, 0.15) is 12.8 Å². The van der Waals surface area contributed by atoms with Gasteiger partial charge in [-0.1, -0.05) is 0 Å². The first-order valence-electron chi connectivity index (χ1n) is 5.09. The van der Waals surface area contributed by atoms with E-state index in [0.29, 0.717) is 19.2 Å². The van der Waals surface area contributed by atoms with Crippen LogP contribution in [-0.2, 0) is 0 Å². The molecular weight excluding hydrogens is 237 g/mol. The first kappa shape index (κ1) is 11.7. The molecule has 0 N–H and O–H groups in total. The number of halogens is 3. The molecule has 4 nitrogen and oxygen atoms in total. The highest BCUT2D eigenvalue weighted by atomic mass is 19.2. The minimum absolute atomic E-state index is 0.343. The molecule has 0 saturated carbocycles. The molecule has 0 radical (unpaired) electrons. The monoisotopic (exact) mass is 246 g/mol. The van der Waals surface area contributed by atoms with E-state index in [0.717, 1.165) is 12.8 Å². The van der Waals surface area contributed by atoms with Crippen LogP contribution in [0.2, 0.25) is 0 Å². The predicted octanol–water partition coefficient (Wildman–Crippen LogP) is 2.61. The van der Waals surface area contributed by atoms with Crippen molar-refractivity contribution < 1.29 is 18.1 Å². The Morgan fingerprint density at radius 2 is 1.76 bits per heavy atom. The van der Waals surface area contributed by atoms with Crippen LogP contribution in [0, 0.1) is 27.6 Å². The first-order chi connectivity index (χ1) is 8.02. The fraction of sp³-hybridized carbons (Fsp3) is 0.400. The zero-order chi connectivity index (χ0) is 12.6. The van der Waals surface area contributed by atoms with Crippen molar-refractivity contribution in [1.82, 2.24) is 0 Å². The van der Waals surface area contributed by atoms with E-state index in [4.69, 9.17) is 0 Å². The Bertz CT molecular complexity index is 473. The smallest absolute Gasteiger partial charge is 0.333 e. The van der Waals surface area contributed by atoms with Crippen LogP contribution >= 0.6 is 0 Å². The van der Waals surface area contributed by atoms with Gasteiger partial charge in [0.25, 0.3) is 0 Å². The van der Waals surface area contributed by atoms with Crippen molar-refractivity contribution in [3.63, 3.8) is 0 Å². The minimum atomic E-state index is -1.61. The van der Waals surface area contributed by atoms with Crippen molar-refractivity contribution in [3.8, 4) is 0 Å². The lowest BCUT2D eigenvalue weighted by atomic mass is 10.2. The maximum absolute atomic E-state index is 13.6. The molecule has 7 heteroatoms. The molecule has 1 fully saturated rings. The van der Waals surface area contributed by atoms with E-state index in [2.05, 4.69) is 0 Å². The number of benzene rings is 1. The van der Waals surface area contributed by atoms with E-state index >= 15 is 0 Å². The second kappa shape index (κ2) is 4.23. The normalized spacial score (nSPS) is 15.4. The minimum Gasteiger partial charge on any atom is -0.363 e. The van der Waals surface area contributed by atoms with Gasteiger partial charge in [-0.15, -0.1) is 0 Å². The third-order valence-electron chi connectivity index (χ3n) is 2.73. The van der Waals surface area contributed by atoms with E-state index in [-0.39, 0.29) is 0 Å². The lowest BCUT2D eigenvalue weighted by Crippen LogP contribution is -2.21. The van der Waals surface area contributed by atoms with Crippen LogP contribution in [0.4, 0.5) is 24.5 Å². The third-order valence-corrected chi connectivity index (χ3v) is 2.73. The molecule has 1 heterocycles. The standard InChI is InChI=1S/C10H9F3N2O2/c11-6-5-7(12)9(14-3-1-2-4-14)10(8(6)13)15(16)17/h5H,1-4H2. The number of nitro benzene ring substituents is 1. The quantitative estimate of drug-likeness (QED) is 0.457. The Labute approximate surface area is 94.8 Å². The number of hydrogen-bond acceptors (Lipinski definition) is 3. The van der Waals surface area contributed by atoms with Crippen molar-refractivity contribution >= 4 is 11.4 Å². The van der Waals surface area contributed by atoms with E-state index in [9.17, 15) is 23.3 Å². The SMILES string of the molecule is O=[N+]([O-])c1c(F)c(F)cc(F)c1N1CCCC1. The molecule has 0 amide bonds. The molecular formula is C10H9F3N2O2. The Morgan fingerprint density at radius 3 is 2.29 bits per heavy atom. The summed E-state index contributed by atoms with van der Waals surface area (Å²) in [5.74, 6) is -4.26. The third kappa shape index (κ3) is 1.92. The molecule has 2 rings (SSSR count). The topological polar surface area (TPSA) is 46.4 Å². The van der Waals surface area contributed by atoms with Crippen molar-refractivity contribution in [1.29, 1.82) is 0 Å². The van der Waals surface area contributed by atoms with Gasteiger partial charge < -0.3 is 4.90 Å². The predicted molar refractivity (Wildman–Crippen MR) is 54.4 cm³/mol. The molecule has 17 heavy (non-hydrogen) atoms. The molecule has 1 aliphatic rings. The number of nitro groups is 1. The zero-order valence-electron chi connectivity index (χ0n) is 8.75. The molecule has 92 valence electrons. The van der Waals surface area contributed by atoms with Crippen LogP contribution in [0.15, 0.2) is 6.07 Å². The van der Waals surface area contributed by atoms with Crippen LogP contribution in [0.3, 0.4) is 0 Å². The van der Waals surface area contributed by atoms with Gasteiger partial charge in [0.1, 0.15) is 0 Å². The summed E-state index contributed by atoms with van der Waals surface area (Å²) in [5.41, 5.74) is -1.57. The van der Waals surface area contributed by atoms with E-state index < -0.39 is 33.7 Å². The summed E-state index contributed by atoms with van der Waals surface area (Å²) in [4.78, 5) is 11.0. The van der Waals surface area contributed by atoms with Gasteiger partial charge in [-0.05, 0) is 12.8 Å². The second-order valence-corrected chi connectivity index (χ2v) is 3.80. The molecule has 0 unspecified atom stereocenters. The van der Waals surface area contributed by atoms with Crippen LogP contribution in [-0.4, -0.2) is 18.0 Å². The number of anilines is 1. The van der Waals surface area contributed by atoms with E-state index in [1.807, 2.05) is 0 Å². The van der Waals surface area contributed by atoms with Crippen molar-refractivity contribution in [3.05, 3.63) is 33.6 Å². The van der Waals surface area contributed by atoms with E-state index in [1.165, 1.54) is 4.90 Å². The lowest BCUT2D eigenvalue weighted by molar-refractivity contribution is -0.387. The Balaban J connectivity index is 2.62. The Kier molecular flexibility index (Phi) is 2.91. The van der Waals surface area contributed by atoms with Gasteiger partial charge in [0, 0.05) is 19.2 Å². The molecule has 0 spiro atoms. The Hall–Kier alpha value is -1.79. The highest BCUT2D eigenvalue weighted by molar-refractivity contribution is 5.65. The maximum atomic E-state index is 13.6. The molecule has 0 aliphatic carbocycles. The number of hydrogen-bond donors (Lipinski definition) is 0. The summed E-state index contributed by atoms with van der Waals surface area (Å²) < 4.78 is 39.8. The number of nitrogens with zero attached hydrogens (tertiary/aromatic N) is 2. The van der Waals surface area contributed by atoms with Gasteiger partial charge in [-0.25, -0.2) is 8.78 Å². The van der Waals surface area contributed by atoms with Gasteiger partial charge >= 0.3 is 5.69 Å². The molecule has 1 saturated heterocycles. The maximum Gasteiger partial charge on any atom is 0.333 e. The van der Waals surface area contributed by atoms with Gasteiger partial charge in [0.15, 0.2) is 17.3 Å². The average molecular weight is 246 g/mol. The van der Waals surface area contributed by atoms with Gasteiger partial charge in [-0.3, -0.25) is 10.1 Å². The number of rotatable bonds is 2. The molecule has 1 aromatic carbocycles. The van der Waals surface area contributed by atoms with Crippen molar-refractivity contribution in [2.45, 2.75) is 12.8 Å². The summed E-state index contributed by atoms with van der Waals surface area (Å²) in [7, 11) is 0. The molecule has 0 bridgehead atoms. The average Bonchev–Trinajstić information content (AvgIpc) is 2.75. The summed E-state index contributed by atoms with van der Waals surface area (Å²) in [6, 6.07) is 0.343. The molecule has 1 aromatic rings. The van der Waals surface area contributed by atoms with Crippen LogP contribution < -0.4 is 4.90 Å². The molecule has 1 aliphatic heterocycles. The molecule has 0 atom stereocenters. The second-order valence-electron chi connectivity index (χ2n) is 3.80. The van der Waals surface area contributed by atoms with Crippen molar-refractivity contribution in [2.24, 2.45) is 0 Å². The summed E-state index contributed by atoms with van der Waals surface area (Å²) in [6.07, 6.45) is 1.49. The van der Waals surface area contributed by atoms with Gasteiger partial charge in [0.2, 0.25) is 5.82 Å². The summed E-state index contributed by atoms with van der Waals surface area (Å²) in [6.45, 7) is 0.811. The fourth-order valence-electron chi connectivity index (χ4n) is 1.98. The first-order valence-corrected chi connectivity index (χ1v) is 5.09. The van der Waals surface area contributed by atoms with E-state index in [1.54, 1.807) is 0 Å². The fourth-order valence-corrected chi connectivity index (χ4v) is 1.98. The zero-order valence-corrected chi connectivity index (χ0v) is 8.75. The van der Waals surface area contributed by atoms with Crippen molar-refractivity contribution in [2.75, 3.05) is 18.0 Å². The summed E-state index contributed by atoms with van der Waals surface area (Å²) in [5, 5.41) is 10.7. The van der Waals surface area contributed by atoms with Crippen LogP contribution in [0.25, 0.3) is 0 Å². The summed E-state index contributed by atoms with van der Waals surface area (Å²) >= 11 is 0. The largest absolute Gasteiger partial charge is 0.363 e. The lowest BCUT2D eigenvalue weighted by Gasteiger charge is -2.18.